The zero-order valence-corrected chi connectivity index (χ0v) is 20.7. The van der Waals surface area contributed by atoms with Crippen LogP contribution in [-0.4, -0.2) is 50.0 Å². The number of halogens is 1. The standard InChI is InChI=1S/C24H32FN3O5S/c1-23(2)17-10-11-24(23,3)20(13-17)26-27-21(29)15-33-22(30)16-5-4-12-28(14-16)34(31,32)19-8-6-18(25)7-9-19/h6-9,16-17H,4-5,10-15H2,1-3H3,(H,27,29)/b26-20-. The van der Waals surface area contributed by atoms with E-state index in [-0.39, 0.29) is 28.8 Å². The molecule has 34 heavy (non-hydrogen) atoms. The number of amides is 1. The summed E-state index contributed by atoms with van der Waals surface area (Å²) in [6, 6.07) is 4.58. The number of fused-ring (bicyclic) bond motifs is 2. The Morgan fingerprint density at radius 3 is 2.53 bits per heavy atom. The van der Waals surface area contributed by atoms with Gasteiger partial charge in [-0.15, -0.1) is 0 Å². The molecular formula is C24H32FN3O5S. The van der Waals surface area contributed by atoms with Crippen molar-refractivity contribution in [3.8, 4) is 0 Å². The minimum Gasteiger partial charge on any atom is -0.455 e. The molecule has 2 aliphatic carbocycles. The molecule has 2 saturated carbocycles. The summed E-state index contributed by atoms with van der Waals surface area (Å²) in [6.45, 7) is 6.44. The van der Waals surface area contributed by atoms with Gasteiger partial charge >= 0.3 is 5.97 Å². The molecule has 0 radical (unpaired) electrons. The molecule has 3 aliphatic rings. The molecule has 2 bridgehead atoms. The normalized spacial score (nSPS) is 29.8. The van der Waals surface area contributed by atoms with Crippen molar-refractivity contribution in [1.29, 1.82) is 0 Å². The molecule has 3 unspecified atom stereocenters. The predicted octanol–water partition coefficient (Wildman–Crippen LogP) is 3.09. The van der Waals surface area contributed by atoms with Gasteiger partial charge in [0.1, 0.15) is 5.82 Å². The van der Waals surface area contributed by atoms with Gasteiger partial charge in [0.2, 0.25) is 10.0 Å². The Bertz CT molecular complexity index is 1100. The Hall–Kier alpha value is -2.33. The van der Waals surface area contributed by atoms with E-state index < -0.39 is 40.2 Å². The van der Waals surface area contributed by atoms with E-state index in [1.54, 1.807) is 0 Å². The number of carbonyl (C=O) groups excluding carboxylic acids is 2. The highest BCUT2D eigenvalue weighted by Gasteiger charge is 2.60. The van der Waals surface area contributed by atoms with E-state index in [1.807, 2.05) is 0 Å². The fourth-order valence-electron chi connectivity index (χ4n) is 5.62. The monoisotopic (exact) mass is 493 g/mol. The molecule has 1 N–H and O–H groups in total. The van der Waals surface area contributed by atoms with Gasteiger partial charge in [0, 0.05) is 24.2 Å². The average Bonchev–Trinajstić information content (AvgIpc) is 3.15. The lowest BCUT2D eigenvalue weighted by molar-refractivity contribution is -0.153. The number of carbonyl (C=O) groups is 2. The third-order valence-corrected chi connectivity index (χ3v) is 10.2. The van der Waals surface area contributed by atoms with Crippen molar-refractivity contribution in [3.63, 3.8) is 0 Å². The summed E-state index contributed by atoms with van der Waals surface area (Å²) in [5, 5.41) is 4.36. The van der Waals surface area contributed by atoms with Gasteiger partial charge in [0.25, 0.3) is 5.91 Å². The summed E-state index contributed by atoms with van der Waals surface area (Å²) in [5.74, 6) is -1.77. The highest BCUT2D eigenvalue weighted by molar-refractivity contribution is 7.89. The molecule has 1 aromatic rings. The van der Waals surface area contributed by atoms with Gasteiger partial charge in [-0.05, 0) is 67.7 Å². The molecule has 0 spiro atoms. The highest BCUT2D eigenvalue weighted by Crippen LogP contribution is 2.63. The number of hydrazone groups is 1. The van der Waals surface area contributed by atoms with Crippen molar-refractivity contribution < 1.29 is 27.1 Å². The smallest absolute Gasteiger partial charge is 0.310 e. The first-order valence-electron chi connectivity index (χ1n) is 11.7. The lowest BCUT2D eigenvalue weighted by Crippen LogP contribution is -2.43. The molecule has 1 aromatic carbocycles. The molecular weight excluding hydrogens is 461 g/mol. The summed E-state index contributed by atoms with van der Waals surface area (Å²) < 4.78 is 45.2. The van der Waals surface area contributed by atoms with Crippen LogP contribution in [0.15, 0.2) is 34.3 Å². The first kappa shape index (κ1) is 24.8. The molecule has 186 valence electrons. The van der Waals surface area contributed by atoms with Crippen LogP contribution in [0, 0.1) is 28.5 Å². The summed E-state index contributed by atoms with van der Waals surface area (Å²) in [7, 11) is -3.85. The van der Waals surface area contributed by atoms with Gasteiger partial charge in [-0.2, -0.15) is 9.41 Å². The molecule has 4 rings (SSSR count). The number of sulfonamides is 1. The minimum absolute atomic E-state index is 0.0288. The Morgan fingerprint density at radius 1 is 1.21 bits per heavy atom. The molecule has 0 aromatic heterocycles. The Kier molecular flexibility index (Phi) is 6.58. The fourth-order valence-corrected chi connectivity index (χ4v) is 7.15. The maximum atomic E-state index is 13.2. The van der Waals surface area contributed by atoms with Crippen LogP contribution in [0.4, 0.5) is 4.39 Å². The lowest BCUT2D eigenvalue weighted by Gasteiger charge is -2.34. The molecule has 8 nitrogen and oxygen atoms in total. The summed E-state index contributed by atoms with van der Waals surface area (Å²) >= 11 is 0. The van der Waals surface area contributed by atoms with Crippen LogP contribution in [0.2, 0.25) is 0 Å². The van der Waals surface area contributed by atoms with Crippen molar-refractivity contribution in [3.05, 3.63) is 30.1 Å². The summed E-state index contributed by atoms with van der Waals surface area (Å²) in [6.07, 6.45) is 4.03. The summed E-state index contributed by atoms with van der Waals surface area (Å²) in [4.78, 5) is 24.8. The van der Waals surface area contributed by atoms with Crippen LogP contribution in [0.5, 0.6) is 0 Å². The second-order valence-electron chi connectivity index (χ2n) is 10.4. The molecule has 3 atom stereocenters. The van der Waals surface area contributed by atoms with E-state index in [4.69, 9.17) is 4.74 Å². The zero-order valence-electron chi connectivity index (χ0n) is 19.8. The van der Waals surface area contributed by atoms with Crippen LogP contribution < -0.4 is 5.43 Å². The quantitative estimate of drug-likeness (QED) is 0.484. The van der Waals surface area contributed by atoms with Gasteiger partial charge in [0.15, 0.2) is 6.61 Å². The Morgan fingerprint density at radius 2 is 1.91 bits per heavy atom. The van der Waals surface area contributed by atoms with Gasteiger partial charge in [0.05, 0.1) is 10.8 Å². The number of esters is 1. The van der Waals surface area contributed by atoms with Crippen LogP contribution in [0.1, 0.15) is 52.9 Å². The Labute approximate surface area is 200 Å². The van der Waals surface area contributed by atoms with Gasteiger partial charge < -0.3 is 4.74 Å². The van der Waals surface area contributed by atoms with Crippen molar-refractivity contribution in [1.82, 2.24) is 9.73 Å². The van der Waals surface area contributed by atoms with Crippen molar-refractivity contribution in [2.45, 2.75) is 57.8 Å². The number of rotatable bonds is 6. The maximum absolute atomic E-state index is 13.2. The summed E-state index contributed by atoms with van der Waals surface area (Å²) in [5.41, 5.74) is 3.62. The minimum atomic E-state index is -3.85. The van der Waals surface area contributed by atoms with Crippen molar-refractivity contribution in [2.24, 2.45) is 27.8 Å². The van der Waals surface area contributed by atoms with Crippen molar-refractivity contribution in [2.75, 3.05) is 19.7 Å². The zero-order chi connectivity index (χ0) is 24.7. The topological polar surface area (TPSA) is 105 Å². The van der Waals surface area contributed by atoms with Crippen LogP contribution >= 0.6 is 0 Å². The first-order chi connectivity index (χ1) is 15.9. The molecule has 1 saturated heterocycles. The van der Waals surface area contributed by atoms with E-state index >= 15 is 0 Å². The second-order valence-corrected chi connectivity index (χ2v) is 12.3. The van der Waals surface area contributed by atoms with Crippen LogP contribution in [-0.2, 0) is 24.3 Å². The molecule has 1 amide bonds. The van der Waals surface area contributed by atoms with E-state index in [9.17, 15) is 22.4 Å². The van der Waals surface area contributed by atoms with E-state index in [2.05, 4.69) is 31.3 Å². The van der Waals surface area contributed by atoms with E-state index in [0.29, 0.717) is 18.8 Å². The fraction of sp³-hybridized carbons (Fsp3) is 0.625. The van der Waals surface area contributed by atoms with Crippen molar-refractivity contribution >= 4 is 27.6 Å². The number of nitrogens with zero attached hydrogens (tertiary/aromatic N) is 2. The van der Waals surface area contributed by atoms with E-state index in [0.717, 1.165) is 30.7 Å². The third-order valence-electron chi connectivity index (χ3n) is 8.34. The molecule has 1 aliphatic heterocycles. The third kappa shape index (κ3) is 4.37. The van der Waals surface area contributed by atoms with Crippen LogP contribution in [0.3, 0.4) is 0 Å². The first-order valence-corrected chi connectivity index (χ1v) is 13.2. The molecule has 1 heterocycles. The Balaban J connectivity index is 1.30. The van der Waals surface area contributed by atoms with Gasteiger partial charge in [-0.1, -0.05) is 20.8 Å². The molecule has 3 fully saturated rings. The predicted molar refractivity (Wildman–Crippen MR) is 124 cm³/mol. The lowest BCUT2D eigenvalue weighted by atomic mass is 9.70. The van der Waals surface area contributed by atoms with E-state index in [1.165, 1.54) is 22.9 Å². The number of nitrogens with one attached hydrogen (secondary N) is 1. The highest BCUT2D eigenvalue weighted by atomic mass is 32.2. The number of hydrogen-bond donors (Lipinski definition) is 1. The van der Waals surface area contributed by atoms with Crippen LogP contribution in [0.25, 0.3) is 0 Å². The number of benzene rings is 1. The molecule has 10 heteroatoms. The van der Waals surface area contributed by atoms with Gasteiger partial charge in [-0.3, -0.25) is 9.59 Å². The number of ether oxygens (including phenoxy) is 1. The van der Waals surface area contributed by atoms with Gasteiger partial charge in [-0.25, -0.2) is 18.2 Å². The largest absolute Gasteiger partial charge is 0.455 e. The number of hydrogen-bond acceptors (Lipinski definition) is 6. The maximum Gasteiger partial charge on any atom is 0.310 e. The SMILES string of the molecule is CC12CCC(C/C1=N/NC(=O)COC(=O)C1CCCN(S(=O)(=O)c3ccc(F)cc3)C1)C2(C)C. The second kappa shape index (κ2) is 9.03. The number of piperidine rings is 1. The average molecular weight is 494 g/mol.